The molecule has 2 aliphatic heterocycles. The molecule has 0 saturated carbocycles. The number of hydrogen-bond acceptors (Lipinski definition) is 3. The highest BCUT2D eigenvalue weighted by Crippen LogP contribution is 2.16. The fourth-order valence-corrected chi connectivity index (χ4v) is 3.84. The van der Waals surface area contributed by atoms with Crippen LogP contribution in [-0.2, 0) is 11.3 Å². The van der Waals surface area contributed by atoms with Gasteiger partial charge in [0.1, 0.15) is 6.54 Å². The number of benzene rings is 1. The second kappa shape index (κ2) is 8.54. The molecular weight excluding hydrogens is 328 g/mol. The normalized spacial score (nSPS) is 20.8. The third kappa shape index (κ3) is 4.55. The van der Waals surface area contributed by atoms with Crippen LogP contribution in [-0.4, -0.2) is 71.9 Å². The first kappa shape index (κ1) is 18.7. The van der Waals surface area contributed by atoms with E-state index in [-0.39, 0.29) is 18.5 Å². The van der Waals surface area contributed by atoms with E-state index in [1.54, 1.807) is 4.90 Å². The van der Waals surface area contributed by atoms with Crippen LogP contribution in [0.15, 0.2) is 24.3 Å². The lowest BCUT2D eigenvalue weighted by molar-refractivity contribution is -0.121. The topological polar surface area (TPSA) is 55.9 Å². The Morgan fingerprint density at radius 1 is 1.15 bits per heavy atom. The summed E-state index contributed by atoms with van der Waals surface area (Å²) in [6.07, 6.45) is 2.34. The van der Waals surface area contributed by atoms with Gasteiger partial charge in [-0.15, -0.1) is 0 Å². The molecule has 1 unspecified atom stereocenters. The maximum Gasteiger partial charge on any atom is 0.320 e. The van der Waals surface area contributed by atoms with Gasteiger partial charge in [-0.2, -0.15) is 0 Å². The summed E-state index contributed by atoms with van der Waals surface area (Å²) in [6.45, 7) is 9.08. The standard InChI is InChI=1S/C20H30N4O2/c1-3-22-10-4-5-18(22)13-21-19(25)15-24-12-11-23(20(24)26)14-17-8-6-16(2)7-9-17/h6-9,18H,3-5,10-15H2,1-2H3,(H,21,25). The van der Waals surface area contributed by atoms with Crippen molar-refractivity contribution in [2.75, 3.05) is 39.3 Å². The van der Waals surface area contributed by atoms with Crippen LogP contribution < -0.4 is 5.32 Å². The second-order valence-corrected chi connectivity index (χ2v) is 7.34. The van der Waals surface area contributed by atoms with Crippen LogP contribution in [0.25, 0.3) is 0 Å². The smallest absolute Gasteiger partial charge is 0.320 e. The molecular formula is C20H30N4O2. The van der Waals surface area contributed by atoms with Crippen LogP contribution in [0.3, 0.4) is 0 Å². The number of likely N-dealkylation sites (N-methyl/N-ethyl adjacent to an activating group) is 1. The van der Waals surface area contributed by atoms with Crippen molar-refractivity contribution in [2.45, 2.75) is 39.3 Å². The minimum Gasteiger partial charge on any atom is -0.353 e. The number of hydrogen-bond donors (Lipinski definition) is 1. The Balaban J connectivity index is 1.44. The van der Waals surface area contributed by atoms with Crippen molar-refractivity contribution in [3.8, 4) is 0 Å². The number of likely N-dealkylation sites (tertiary alicyclic amines) is 1. The third-order valence-corrected chi connectivity index (χ3v) is 5.45. The number of rotatable bonds is 7. The minimum absolute atomic E-state index is 0.0447. The van der Waals surface area contributed by atoms with E-state index < -0.39 is 0 Å². The van der Waals surface area contributed by atoms with E-state index in [0.717, 1.165) is 25.1 Å². The zero-order valence-corrected chi connectivity index (χ0v) is 15.9. The van der Waals surface area contributed by atoms with Gasteiger partial charge in [-0.1, -0.05) is 36.8 Å². The van der Waals surface area contributed by atoms with E-state index in [9.17, 15) is 9.59 Å². The van der Waals surface area contributed by atoms with E-state index in [1.807, 2.05) is 4.90 Å². The predicted octanol–water partition coefficient (Wildman–Crippen LogP) is 1.83. The quantitative estimate of drug-likeness (QED) is 0.809. The summed E-state index contributed by atoms with van der Waals surface area (Å²) in [6, 6.07) is 8.62. The Morgan fingerprint density at radius 2 is 1.88 bits per heavy atom. The molecule has 2 saturated heterocycles. The molecule has 2 heterocycles. The summed E-state index contributed by atoms with van der Waals surface area (Å²) >= 11 is 0. The first-order valence-corrected chi connectivity index (χ1v) is 9.67. The zero-order valence-electron chi connectivity index (χ0n) is 15.9. The Hall–Kier alpha value is -2.08. The van der Waals surface area contributed by atoms with Crippen LogP contribution in [0.1, 0.15) is 30.9 Å². The van der Waals surface area contributed by atoms with Crippen LogP contribution in [0, 0.1) is 6.92 Å². The monoisotopic (exact) mass is 358 g/mol. The summed E-state index contributed by atoms with van der Waals surface area (Å²) in [5, 5.41) is 3.01. The number of aryl methyl sites for hydroxylation is 1. The number of nitrogens with one attached hydrogen (secondary N) is 1. The number of carbonyl (C=O) groups is 2. The van der Waals surface area contributed by atoms with E-state index in [1.165, 1.54) is 12.0 Å². The fourth-order valence-electron chi connectivity index (χ4n) is 3.84. The van der Waals surface area contributed by atoms with Gasteiger partial charge in [0.2, 0.25) is 5.91 Å². The molecule has 3 rings (SSSR count). The Morgan fingerprint density at radius 3 is 2.62 bits per heavy atom. The Kier molecular flexibility index (Phi) is 6.14. The third-order valence-electron chi connectivity index (χ3n) is 5.45. The summed E-state index contributed by atoms with van der Waals surface area (Å²) in [5.41, 5.74) is 2.33. The molecule has 1 aromatic rings. The van der Waals surface area contributed by atoms with Gasteiger partial charge in [-0.3, -0.25) is 9.69 Å². The largest absolute Gasteiger partial charge is 0.353 e. The molecule has 0 aliphatic carbocycles. The van der Waals surface area contributed by atoms with Crippen LogP contribution in [0.4, 0.5) is 4.79 Å². The molecule has 2 aliphatic rings. The SMILES string of the molecule is CCN1CCCC1CNC(=O)CN1CCN(Cc2ccc(C)cc2)C1=O. The molecule has 6 nitrogen and oxygen atoms in total. The molecule has 0 bridgehead atoms. The lowest BCUT2D eigenvalue weighted by Gasteiger charge is -2.23. The van der Waals surface area contributed by atoms with Gasteiger partial charge in [-0.05, 0) is 38.4 Å². The van der Waals surface area contributed by atoms with Gasteiger partial charge in [0.25, 0.3) is 0 Å². The summed E-state index contributed by atoms with van der Waals surface area (Å²) in [7, 11) is 0. The summed E-state index contributed by atoms with van der Waals surface area (Å²) < 4.78 is 0. The van der Waals surface area contributed by atoms with Crippen molar-refractivity contribution >= 4 is 11.9 Å². The van der Waals surface area contributed by atoms with E-state index in [4.69, 9.17) is 0 Å². The zero-order chi connectivity index (χ0) is 18.5. The Bertz CT molecular complexity index is 631. The minimum atomic E-state index is -0.0570. The molecule has 0 radical (unpaired) electrons. The highest BCUT2D eigenvalue weighted by Gasteiger charge is 2.30. The molecule has 142 valence electrons. The molecule has 3 amide bonds. The van der Waals surface area contributed by atoms with E-state index in [2.05, 4.69) is 48.3 Å². The average Bonchev–Trinajstić information content (AvgIpc) is 3.23. The van der Waals surface area contributed by atoms with Crippen molar-refractivity contribution in [2.24, 2.45) is 0 Å². The second-order valence-electron chi connectivity index (χ2n) is 7.34. The lowest BCUT2D eigenvalue weighted by Crippen LogP contribution is -2.44. The molecule has 1 aromatic carbocycles. The van der Waals surface area contributed by atoms with Gasteiger partial charge >= 0.3 is 6.03 Å². The number of carbonyl (C=O) groups excluding carboxylic acids is 2. The molecule has 2 fully saturated rings. The van der Waals surface area contributed by atoms with Crippen molar-refractivity contribution in [1.82, 2.24) is 20.0 Å². The van der Waals surface area contributed by atoms with Gasteiger partial charge in [0.15, 0.2) is 0 Å². The van der Waals surface area contributed by atoms with Crippen LogP contribution >= 0.6 is 0 Å². The number of amides is 3. The van der Waals surface area contributed by atoms with E-state index in [0.29, 0.717) is 32.2 Å². The first-order valence-electron chi connectivity index (χ1n) is 9.67. The van der Waals surface area contributed by atoms with Crippen molar-refractivity contribution in [3.63, 3.8) is 0 Å². The average molecular weight is 358 g/mol. The van der Waals surface area contributed by atoms with Crippen molar-refractivity contribution in [3.05, 3.63) is 35.4 Å². The van der Waals surface area contributed by atoms with Gasteiger partial charge in [0.05, 0.1) is 0 Å². The fraction of sp³-hybridized carbons (Fsp3) is 0.600. The first-order chi connectivity index (χ1) is 12.6. The molecule has 1 N–H and O–H groups in total. The maximum atomic E-state index is 12.5. The van der Waals surface area contributed by atoms with Crippen molar-refractivity contribution in [1.29, 1.82) is 0 Å². The van der Waals surface area contributed by atoms with Gasteiger partial charge in [-0.25, -0.2) is 4.79 Å². The Labute approximate surface area is 156 Å². The molecule has 6 heteroatoms. The van der Waals surface area contributed by atoms with Crippen molar-refractivity contribution < 1.29 is 9.59 Å². The molecule has 1 atom stereocenters. The summed E-state index contributed by atoms with van der Waals surface area (Å²) in [5.74, 6) is -0.0570. The number of urea groups is 1. The lowest BCUT2D eigenvalue weighted by atomic mass is 10.1. The van der Waals surface area contributed by atoms with Gasteiger partial charge < -0.3 is 15.1 Å². The van der Waals surface area contributed by atoms with Crippen LogP contribution in [0.2, 0.25) is 0 Å². The highest BCUT2D eigenvalue weighted by molar-refractivity contribution is 5.85. The predicted molar refractivity (Wildman–Crippen MR) is 102 cm³/mol. The summed E-state index contributed by atoms with van der Waals surface area (Å²) in [4.78, 5) is 30.7. The maximum absolute atomic E-state index is 12.5. The molecule has 0 aromatic heterocycles. The van der Waals surface area contributed by atoms with E-state index >= 15 is 0 Å². The molecule has 0 spiro atoms. The molecule has 26 heavy (non-hydrogen) atoms. The number of nitrogens with zero attached hydrogens (tertiary/aromatic N) is 3. The van der Waals surface area contributed by atoms with Crippen LogP contribution in [0.5, 0.6) is 0 Å². The highest BCUT2D eigenvalue weighted by atomic mass is 16.2. The van der Waals surface area contributed by atoms with Gasteiger partial charge in [0, 0.05) is 32.2 Å².